The maximum atomic E-state index is 12.1. The van der Waals surface area contributed by atoms with Gasteiger partial charge in [0, 0.05) is 5.69 Å². The number of nitrogens with zero attached hydrogens (tertiary/aromatic N) is 1. The molecular weight excluding hydrogens is 256 g/mol. The van der Waals surface area contributed by atoms with Crippen LogP contribution in [0.5, 0.6) is 0 Å². The number of likely N-dealkylation sites (N-methyl/N-ethyl adjacent to an activating group) is 1. The van der Waals surface area contributed by atoms with Crippen molar-refractivity contribution in [3.05, 3.63) is 29.3 Å². The van der Waals surface area contributed by atoms with E-state index >= 15 is 0 Å². The minimum Gasteiger partial charge on any atom is -0.468 e. The fraction of sp³-hybridized carbons (Fsp3) is 0.467. The largest absolute Gasteiger partial charge is 0.468 e. The van der Waals surface area contributed by atoms with Gasteiger partial charge in [0.1, 0.15) is 0 Å². The number of carbonyl (C=O) groups is 2. The number of nitrogens with one attached hydrogen (secondary N) is 1. The first kappa shape index (κ1) is 16.2. The van der Waals surface area contributed by atoms with Gasteiger partial charge in [0.05, 0.1) is 20.2 Å². The first-order chi connectivity index (χ1) is 9.47. The first-order valence-electron chi connectivity index (χ1n) is 6.63. The number of amides is 1. The van der Waals surface area contributed by atoms with Gasteiger partial charge in [-0.25, -0.2) is 0 Å². The summed E-state index contributed by atoms with van der Waals surface area (Å²) in [7, 11) is 1.34. The molecule has 0 saturated heterocycles. The third-order valence-corrected chi connectivity index (χ3v) is 3.14. The van der Waals surface area contributed by atoms with E-state index in [1.54, 1.807) is 4.90 Å². The molecule has 0 unspecified atom stereocenters. The van der Waals surface area contributed by atoms with E-state index in [1.807, 2.05) is 39.0 Å². The third-order valence-electron chi connectivity index (χ3n) is 3.14. The van der Waals surface area contributed by atoms with Crippen LogP contribution in [0, 0.1) is 13.8 Å². The highest BCUT2D eigenvalue weighted by Gasteiger charge is 2.14. The molecule has 1 aromatic carbocycles. The number of rotatable bonds is 6. The van der Waals surface area contributed by atoms with Gasteiger partial charge in [0.2, 0.25) is 5.91 Å². The number of para-hydroxylation sites is 1. The Bertz CT molecular complexity index is 466. The zero-order chi connectivity index (χ0) is 15.1. The van der Waals surface area contributed by atoms with Crippen molar-refractivity contribution in [1.82, 2.24) is 4.90 Å². The Morgan fingerprint density at radius 3 is 2.30 bits per heavy atom. The molecule has 1 N–H and O–H groups in total. The van der Waals surface area contributed by atoms with Crippen molar-refractivity contribution < 1.29 is 14.3 Å². The number of hydrogen-bond acceptors (Lipinski definition) is 4. The van der Waals surface area contributed by atoms with E-state index in [2.05, 4.69) is 10.1 Å². The van der Waals surface area contributed by atoms with Crippen LogP contribution in [0.1, 0.15) is 18.1 Å². The highest BCUT2D eigenvalue weighted by molar-refractivity contribution is 5.94. The van der Waals surface area contributed by atoms with E-state index in [0.29, 0.717) is 6.54 Å². The molecule has 0 atom stereocenters. The molecule has 110 valence electrons. The van der Waals surface area contributed by atoms with Crippen LogP contribution in [0.2, 0.25) is 0 Å². The molecule has 0 spiro atoms. The Morgan fingerprint density at radius 2 is 1.80 bits per heavy atom. The Labute approximate surface area is 119 Å². The quantitative estimate of drug-likeness (QED) is 0.805. The smallest absolute Gasteiger partial charge is 0.319 e. The number of methoxy groups -OCH3 is 1. The van der Waals surface area contributed by atoms with E-state index < -0.39 is 0 Å². The average molecular weight is 278 g/mol. The van der Waals surface area contributed by atoms with E-state index in [-0.39, 0.29) is 25.0 Å². The van der Waals surface area contributed by atoms with Crippen molar-refractivity contribution in [2.45, 2.75) is 20.8 Å². The summed E-state index contributed by atoms with van der Waals surface area (Å²) in [4.78, 5) is 25.0. The molecule has 20 heavy (non-hydrogen) atoms. The predicted octanol–water partition coefficient (Wildman–Crippen LogP) is 1.74. The van der Waals surface area contributed by atoms with Gasteiger partial charge in [-0.3, -0.25) is 14.5 Å². The normalized spacial score (nSPS) is 10.4. The first-order valence-corrected chi connectivity index (χ1v) is 6.63. The molecule has 0 aromatic heterocycles. The van der Waals surface area contributed by atoms with Gasteiger partial charge >= 0.3 is 5.97 Å². The van der Waals surface area contributed by atoms with Gasteiger partial charge in [-0.2, -0.15) is 0 Å². The summed E-state index contributed by atoms with van der Waals surface area (Å²) in [5, 5.41) is 2.90. The summed E-state index contributed by atoms with van der Waals surface area (Å²) in [6.45, 7) is 6.69. The summed E-state index contributed by atoms with van der Waals surface area (Å²) in [6, 6.07) is 5.86. The van der Waals surface area contributed by atoms with Crippen LogP contribution in [0.25, 0.3) is 0 Å². The maximum absolute atomic E-state index is 12.1. The molecule has 0 aliphatic heterocycles. The minimum absolute atomic E-state index is 0.118. The lowest BCUT2D eigenvalue weighted by atomic mass is 10.1. The Balaban J connectivity index is 2.64. The molecule has 0 aliphatic rings. The van der Waals surface area contributed by atoms with Gasteiger partial charge in [0.25, 0.3) is 0 Å². The van der Waals surface area contributed by atoms with Gasteiger partial charge < -0.3 is 10.1 Å². The third kappa shape index (κ3) is 4.66. The highest BCUT2D eigenvalue weighted by atomic mass is 16.5. The van der Waals surface area contributed by atoms with Crippen LogP contribution in [0.15, 0.2) is 18.2 Å². The Kier molecular flexibility index (Phi) is 6.18. The molecule has 0 radical (unpaired) electrons. The van der Waals surface area contributed by atoms with E-state index in [9.17, 15) is 9.59 Å². The molecular formula is C15H22N2O3. The molecule has 1 aromatic rings. The van der Waals surface area contributed by atoms with Crippen LogP contribution in [0.3, 0.4) is 0 Å². The summed E-state index contributed by atoms with van der Waals surface area (Å²) in [5.74, 6) is -0.472. The Morgan fingerprint density at radius 1 is 1.20 bits per heavy atom. The van der Waals surface area contributed by atoms with Crippen molar-refractivity contribution >= 4 is 17.6 Å². The zero-order valence-corrected chi connectivity index (χ0v) is 12.5. The predicted molar refractivity (Wildman–Crippen MR) is 78.7 cm³/mol. The maximum Gasteiger partial charge on any atom is 0.319 e. The second-order valence-electron chi connectivity index (χ2n) is 4.69. The molecule has 5 nitrogen and oxygen atoms in total. The van der Waals surface area contributed by atoms with Crippen molar-refractivity contribution in [2.24, 2.45) is 0 Å². The Hall–Kier alpha value is -1.88. The second kappa shape index (κ2) is 7.65. The molecule has 1 rings (SSSR count). The van der Waals surface area contributed by atoms with Gasteiger partial charge in [-0.15, -0.1) is 0 Å². The van der Waals surface area contributed by atoms with Crippen LogP contribution in [0.4, 0.5) is 5.69 Å². The number of anilines is 1. The topological polar surface area (TPSA) is 58.6 Å². The monoisotopic (exact) mass is 278 g/mol. The average Bonchev–Trinajstić information content (AvgIpc) is 2.42. The van der Waals surface area contributed by atoms with Crippen LogP contribution < -0.4 is 5.32 Å². The number of esters is 1. The van der Waals surface area contributed by atoms with E-state index in [1.165, 1.54) is 7.11 Å². The summed E-state index contributed by atoms with van der Waals surface area (Å²) < 4.78 is 4.61. The fourth-order valence-corrected chi connectivity index (χ4v) is 1.92. The number of aryl methyl sites for hydroxylation is 2. The number of hydrogen-bond donors (Lipinski definition) is 1. The van der Waals surface area contributed by atoms with Crippen molar-refractivity contribution in [3.8, 4) is 0 Å². The van der Waals surface area contributed by atoms with Crippen molar-refractivity contribution in [1.29, 1.82) is 0 Å². The summed E-state index contributed by atoms with van der Waals surface area (Å²) in [6.07, 6.45) is 0. The standard InChI is InChI=1S/C15H22N2O3/c1-5-17(10-14(19)20-4)9-13(18)16-15-11(2)7-6-8-12(15)3/h6-8H,5,9-10H2,1-4H3,(H,16,18). The molecule has 0 saturated carbocycles. The molecule has 0 bridgehead atoms. The molecule has 0 heterocycles. The zero-order valence-electron chi connectivity index (χ0n) is 12.5. The fourth-order valence-electron chi connectivity index (χ4n) is 1.92. The molecule has 5 heteroatoms. The summed E-state index contributed by atoms with van der Waals surface area (Å²) in [5.41, 5.74) is 2.88. The van der Waals surface area contributed by atoms with Gasteiger partial charge in [0.15, 0.2) is 0 Å². The van der Waals surface area contributed by atoms with Crippen molar-refractivity contribution in [2.75, 3.05) is 32.1 Å². The van der Waals surface area contributed by atoms with Crippen LogP contribution in [-0.2, 0) is 14.3 Å². The van der Waals surface area contributed by atoms with Crippen LogP contribution >= 0.6 is 0 Å². The molecule has 1 amide bonds. The molecule has 0 aliphatic carbocycles. The van der Waals surface area contributed by atoms with Gasteiger partial charge in [-0.05, 0) is 31.5 Å². The number of ether oxygens (including phenoxy) is 1. The lowest BCUT2D eigenvalue weighted by molar-refractivity contribution is -0.142. The lowest BCUT2D eigenvalue weighted by Crippen LogP contribution is -2.37. The highest BCUT2D eigenvalue weighted by Crippen LogP contribution is 2.19. The van der Waals surface area contributed by atoms with Gasteiger partial charge in [-0.1, -0.05) is 25.1 Å². The van der Waals surface area contributed by atoms with Crippen molar-refractivity contribution in [3.63, 3.8) is 0 Å². The number of carbonyl (C=O) groups excluding carboxylic acids is 2. The van der Waals surface area contributed by atoms with Crippen LogP contribution in [-0.4, -0.2) is 43.5 Å². The lowest BCUT2D eigenvalue weighted by Gasteiger charge is -2.19. The van der Waals surface area contributed by atoms with E-state index in [4.69, 9.17) is 0 Å². The minimum atomic E-state index is -0.341. The number of benzene rings is 1. The SMILES string of the molecule is CCN(CC(=O)Nc1c(C)cccc1C)CC(=O)OC. The second-order valence-corrected chi connectivity index (χ2v) is 4.69. The molecule has 0 fully saturated rings. The van der Waals surface area contributed by atoms with E-state index in [0.717, 1.165) is 16.8 Å². The summed E-state index contributed by atoms with van der Waals surface area (Å²) >= 11 is 0.